The van der Waals surface area contributed by atoms with Gasteiger partial charge in [0.2, 0.25) is 0 Å². The van der Waals surface area contributed by atoms with Crippen LogP contribution in [0.2, 0.25) is 0 Å². The van der Waals surface area contributed by atoms with Crippen molar-refractivity contribution in [3.8, 4) is 0 Å². The highest BCUT2D eigenvalue weighted by atomic mass is 16.5. The van der Waals surface area contributed by atoms with E-state index in [0.717, 1.165) is 38.5 Å². The molecule has 0 amide bonds. The molecule has 3 heterocycles. The highest BCUT2D eigenvalue weighted by Crippen LogP contribution is 2.44. The van der Waals surface area contributed by atoms with Crippen LogP contribution < -0.4 is 0 Å². The third kappa shape index (κ3) is 2.67. The smallest absolute Gasteiger partial charge is 0.318 e. The molecule has 3 aliphatic rings. The van der Waals surface area contributed by atoms with E-state index in [9.17, 15) is 14.4 Å². The lowest BCUT2D eigenvalue weighted by Gasteiger charge is -2.55. The Morgan fingerprint density at radius 1 is 1.04 bits per heavy atom. The fourth-order valence-corrected chi connectivity index (χ4v) is 4.81. The summed E-state index contributed by atoms with van der Waals surface area (Å²) in [5, 5.41) is 0. The summed E-state index contributed by atoms with van der Waals surface area (Å²) >= 11 is 0. The van der Waals surface area contributed by atoms with Crippen LogP contribution in [0.1, 0.15) is 45.4 Å². The lowest BCUT2D eigenvalue weighted by molar-refractivity contribution is -0.174. The Hall–Kier alpha value is -1.43. The van der Waals surface area contributed by atoms with Gasteiger partial charge in [-0.1, -0.05) is 12.8 Å². The summed E-state index contributed by atoms with van der Waals surface area (Å²) in [7, 11) is 1.30. The Morgan fingerprint density at radius 3 is 2.13 bits per heavy atom. The molecule has 3 fully saturated rings. The summed E-state index contributed by atoms with van der Waals surface area (Å²) in [6.07, 6.45) is 5.81. The van der Waals surface area contributed by atoms with Gasteiger partial charge < -0.3 is 9.47 Å². The third-order valence-corrected chi connectivity index (χ3v) is 5.64. The van der Waals surface area contributed by atoms with Crippen LogP contribution in [0.25, 0.3) is 0 Å². The molecule has 0 radical (unpaired) electrons. The summed E-state index contributed by atoms with van der Waals surface area (Å²) in [5.74, 6) is -3.01. The highest BCUT2D eigenvalue weighted by Gasteiger charge is 2.57. The Bertz CT molecular complexity index is 503. The van der Waals surface area contributed by atoms with Crippen molar-refractivity contribution in [3.63, 3.8) is 0 Å². The molecule has 128 valence electrons. The van der Waals surface area contributed by atoms with Crippen molar-refractivity contribution >= 4 is 17.7 Å². The number of methoxy groups -OCH3 is 1. The minimum atomic E-state index is -0.855. The maximum Gasteiger partial charge on any atom is 0.318 e. The topological polar surface area (TPSA) is 72.9 Å². The number of hydrogen-bond acceptors (Lipinski definition) is 6. The second-order valence-electron chi connectivity index (χ2n) is 6.73. The molecule has 0 bridgehead atoms. The molecule has 0 aliphatic carbocycles. The van der Waals surface area contributed by atoms with Gasteiger partial charge in [0.15, 0.2) is 5.78 Å². The van der Waals surface area contributed by atoms with Crippen LogP contribution in [-0.4, -0.2) is 54.5 Å². The van der Waals surface area contributed by atoms with Crippen molar-refractivity contribution in [2.24, 2.45) is 11.8 Å². The van der Waals surface area contributed by atoms with E-state index in [4.69, 9.17) is 9.47 Å². The second-order valence-corrected chi connectivity index (χ2v) is 6.73. The molecular weight excluding hydrogens is 298 g/mol. The quantitative estimate of drug-likeness (QED) is 0.576. The molecule has 0 spiro atoms. The van der Waals surface area contributed by atoms with Crippen molar-refractivity contribution in [2.75, 3.05) is 13.7 Å². The molecule has 3 saturated heterocycles. The fraction of sp³-hybridized carbons (Fsp3) is 0.824. The van der Waals surface area contributed by atoms with Gasteiger partial charge in [-0.3, -0.25) is 19.3 Å². The maximum atomic E-state index is 13.0. The first-order valence-corrected chi connectivity index (χ1v) is 8.65. The predicted molar refractivity (Wildman–Crippen MR) is 81.5 cm³/mol. The van der Waals surface area contributed by atoms with Crippen LogP contribution in [-0.2, 0) is 23.9 Å². The van der Waals surface area contributed by atoms with E-state index in [-0.39, 0.29) is 24.5 Å². The Balaban J connectivity index is 1.98. The molecule has 0 aromatic carbocycles. The molecular formula is C17H25NO5. The largest absolute Gasteiger partial charge is 0.468 e. The van der Waals surface area contributed by atoms with Crippen molar-refractivity contribution in [2.45, 2.75) is 63.6 Å². The SMILES string of the molecule is CCOC(=O)[C@@H]1C(=O)[C@@H](C(=O)OC)[C@@H]2CCC[C@@H]3CCC[C@@H]1N32. The average molecular weight is 323 g/mol. The van der Waals surface area contributed by atoms with Crippen LogP contribution in [0.3, 0.4) is 0 Å². The number of ether oxygens (including phenoxy) is 2. The normalized spacial score (nSPS) is 37.0. The number of hydrogen-bond donors (Lipinski definition) is 0. The molecule has 0 N–H and O–H groups in total. The van der Waals surface area contributed by atoms with E-state index in [1.54, 1.807) is 6.92 Å². The molecule has 6 nitrogen and oxygen atoms in total. The Labute approximate surface area is 136 Å². The zero-order valence-corrected chi connectivity index (χ0v) is 13.8. The van der Waals surface area contributed by atoms with Gasteiger partial charge in [0.1, 0.15) is 11.8 Å². The van der Waals surface area contributed by atoms with Crippen molar-refractivity contribution in [3.05, 3.63) is 0 Å². The predicted octanol–water partition coefficient (Wildman–Crippen LogP) is 1.31. The number of Topliss-reactive ketones (excluding diaryl/α,β-unsaturated/α-hetero) is 1. The summed E-state index contributed by atoms with van der Waals surface area (Å²) in [5.41, 5.74) is 0. The van der Waals surface area contributed by atoms with Gasteiger partial charge in [-0.2, -0.15) is 0 Å². The standard InChI is InChI=1S/C17H25NO5/c1-3-23-17(21)14-12-9-5-7-10-6-4-8-11(18(10)12)13(15(14)19)16(20)22-2/h10-14H,3-9H2,1-2H3/t10-,11+,12+,13+,14+/m1/s1. The zero-order chi connectivity index (χ0) is 16.6. The van der Waals surface area contributed by atoms with Crippen molar-refractivity contribution < 1.29 is 23.9 Å². The summed E-state index contributed by atoms with van der Waals surface area (Å²) in [6.45, 7) is 1.97. The Kier molecular flexibility index (Phi) is 4.71. The molecule has 0 unspecified atom stereocenters. The molecule has 6 heteroatoms. The first kappa shape index (κ1) is 16.4. The van der Waals surface area contributed by atoms with Gasteiger partial charge in [0.05, 0.1) is 13.7 Å². The first-order chi connectivity index (χ1) is 11.1. The van der Waals surface area contributed by atoms with Gasteiger partial charge >= 0.3 is 11.9 Å². The van der Waals surface area contributed by atoms with E-state index in [2.05, 4.69) is 4.90 Å². The average Bonchev–Trinajstić information content (AvgIpc) is 2.55. The number of carbonyl (C=O) groups is 3. The van der Waals surface area contributed by atoms with Gasteiger partial charge in [0.25, 0.3) is 0 Å². The third-order valence-electron chi connectivity index (χ3n) is 5.64. The number of nitrogens with zero attached hydrogens (tertiary/aromatic N) is 1. The monoisotopic (exact) mass is 323 g/mol. The first-order valence-electron chi connectivity index (χ1n) is 8.65. The number of rotatable bonds is 3. The molecule has 5 atom stereocenters. The number of carbonyl (C=O) groups excluding carboxylic acids is 3. The van der Waals surface area contributed by atoms with Gasteiger partial charge in [0, 0.05) is 18.1 Å². The number of esters is 2. The highest BCUT2D eigenvalue weighted by molar-refractivity contribution is 6.10. The molecule has 0 saturated carbocycles. The lowest BCUT2D eigenvalue weighted by atomic mass is 9.69. The van der Waals surface area contributed by atoms with Crippen molar-refractivity contribution in [1.82, 2.24) is 4.90 Å². The van der Waals surface area contributed by atoms with Gasteiger partial charge in [-0.15, -0.1) is 0 Å². The van der Waals surface area contributed by atoms with E-state index < -0.39 is 23.8 Å². The van der Waals surface area contributed by atoms with Crippen LogP contribution in [0.15, 0.2) is 0 Å². The molecule has 0 aromatic rings. The minimum absolute atomic E-state index is 0.119. The fourth-order valence-electron chi connectivity index (χ4n) is 4.81. The van der Waals surface area contributed by atoms with Crippen LogP contribution >= 0.6 is 0 Å². The zero-order valence-electron chi connectivity index (χ0n) is 13.8. The van der Waals surface area contributed by atoms with E-state index in [1.807, 2.05) is 0 Å². The summed E-state index contributed by atoms with van der Waals surface area (Å²) in [4.78, 5) is 39.9. The summed E-state index contributed by atoms with van der Waals surface area (Å²) in [6, 6.07) is 0.126. The molecule has 23 heavy (non-hydrogen) atoms. The second kappa shape index (κ2) is 6.59. The van der Waals surface area contributed by atoms with E-state index >= 15 is 0 Å². The number of piperidine rings is 3. The molecule has 3 rings (SSSR count). The van der Waals surface area contributed by atoms with Crippen LogP contribution in [0.4, 0.5) is 0 Å². The summed E-state index contributed by atoms with van der Waals surface area (Å²) < 4.78 is 10.0. The molecule has 3 aliphatic heterocycles. The van der Waals surface area contributed by atoms with Gasteiger partial charge in [-0.25, -0.2) is 0 Å². The number of ketones is 1. The van der Waals surface area contributed by atoms with Crippen molar-refractivity contribution in [1.29, 1.82) is 0 Å². The van der Waals surface area contributed by atoms with E-state index in [1.165, 1.54) is 7.11 Å². The van der Waals surface area contributed by atoms with Crippen LogP contribution in [0.5, 0.6) is 0 Å². The van der Waals surface area contributed by atoms with E-state index in [0.29, 0.717) is 6.04 Å². The maximum absolute atomic E-state index is 13.0. The Morgan fingerprint density at radius 2 is 1.61 bits per heavy atom. The van der Waals surface area contributed by atoms with Crippen LogP contribution in [0, 0.1) is 11.8 Å². The minimum Gasteiger partial charge on any atom is -0.468 e. The van der Waals surface area contributed by atoms with Gasteiger partial charge in [-0.05, 0) is 32.6 Å². The molecule has 0 aromatic heterocycles. The lowest BCUT2D eigenvalue weighted by Crippen LogP contribution is -2.68.